The Morgan fingerprint density at radius 3 is 2.37 bits per heavy atom. The van der Waals surface area contributed by atoms with Gasteiger partial charge in [0.1, 0.15) is 0 Å². The quantitative estimate of drug-likeness (QED) is 0.523. The second kappa shape index (κ2) is 9.09. The van der Waals surface area contributed by atoms with Crippen LogP contribution in [-0.2, 0) is 16.0 Å². The molecule has 1 aliphatic heterocycles. The summed E-state index contributed by atoms with van der Waals surface area (Å²) in [4.78, 5) is 13.4. The van der Waals surface area contributed by atoms with Crippen molar-refractivity contribution in [3.05, 3.63) is 64.2 Å². The van der Waals surface area contributed by atoms with Crippen molar-refractivity contribution in [2.24, 2.45) is 11.8 Å². The van der Waals surface area contributed by atoms with Crippen molar-refractivity contribution in [1.29, 1.82) is 0 Å². The zero-order chi connectivity index (χ0) is 25.0. The van der Waals surface area contributed by atoms with Gasteiger partial charge in [0, 0.05) is 12.1 Å². The maximum Gasteiger partial charge on any atom is 0.417 e. The number of hydrogen-bond donors (Lipinski definition) is 2. The standard InChI is InChI=1S/C25H26ClF3N2O3S/c26-21-19(2-1-3-20(21)25(27,28)29)24(32)31-22(23-16-6-9-17(12-16)30-23)15-7-10-18(11-8-15)35(33,34)13-14-4-5-14/h1-3,7-8,10-11,14,16-17,22-23,30H,4-6,9,12-13H2,(H,31,32)/t16-,17+,22+,23?/m0/s1. The van der Waals surface area contributed by atoms with Crippen molar-refractivity contribution in [2.75, 3.05) is 5.75 Å². The zero-order valence-electron chi connectivity index (χ0n) is 18.8. The number of halogens is 4. The Balaban J connectivity index is 1.43. The molecule has 2 aliphatic carbocycles. The Hall–Kier alpha value is -2.10. The Labute approximate surface area is 207 Å². The van der Waals surface area contributed by atoms with E-state index in [0.29, 0.717) is 17.5 Å². The number of nitrogens with one attached hydrogen (secondary N) is 2. The van der Waals surface area contributed by atoms with Gasteiger partial charge < -0.3 is 10.6 Å². The molecule has 4 atom stereocenters. The fourth-order valence-corrected chi connectivity index (χ4v) is 7.39. The van der Waals surface area contributed by atoms with Gasteiger partial charge >= 0.3 is 6.18 Å². The molecule has 2 aromatic carbocycles. The summed E-state index contributed by atoms with van der Waals surface area (Å²) in [6.07, 6.45) is 0.182. The smallest absolute Gasteiger partial charge is 0.344 e. The number of sulfone groups is 1. The Kier molecular flexibility index (Phi) is 6.38. The normalized spacial score (nSPS) is 25.0. The lowest BCUT2D eigenvalue weighted by Gasteiger charge is -2.32. The van der Waals surface area contributed by atoms with Crippen molar-refractivity contribution >= 4 is 27.3 Å². The molecule has 0 radical (unpaired) electrons. The molecule has 1 heterocycles. The molecule has 2 saturated carbocycles. The fraction of sp³-hybridized carbons (Fsp3) is 0.480. The van der Waals surface area contributed by atoms with E-state index in [9.17, 15) is 26.4 Å². The van der Waals surface area contributed by atoms with Crippen LogP contribution in [0, 0.1) is 11.8 Å². The first-order valence-electron chi connectivity index (χ1n) is 11.8. The van der Waals surface area contributed by atoms with E-state index in [-0.39, 0.29) is 28.2 Å². The summed E-state index contributed by atoms with van der Waals surface area (Å²) in [6.45, 7) is 0. The number of alkyl halides is 3. The maximum atomic E-state index is 13.3. The van der Waals surface area contributed by atoms with Crippen molar-refractivity contribution in [1.82, 2.24) is 10.6 Å². The van der Waals surface area contributed by atoms with Crippen LogP contribution in [0.2, 0.25) is 5.02 Å². The van der Waals surface area contributed by atoms with E-state index in [1.54, 1.807) is 24.3 Å². The number of rotatable bonds is 7. The second-order valence-electron chi connectivity index (χ2n) is 9.87. The highest BCUT2D eigenvalue weighted by atomic mass is 35.5. The van der Waals surface area contributed by atoms with Gasteiger partial charge in [0.15, 0.2) is 9.84 Å². The molecule has 1 amide bonds. The minimum atomic E-state index is -4.68. The molecule has 3 aliphatic rings. The van der Waals surface area contributed by atoms with Crippen molar-refractivity contribution in [3.8, 4) is 0 Å². The zero-order valence-corrected chi connectivity index (χ0v) is 20.4. The minimum Gasteiger partial charge on any atom is -0.344 e. The molecule has 2 N–H and O–H groups in total. The first-order valence-corrected chi connectivity index (χ1v) is 13.8. The third-order valence-corrected chi connectivity index (χ3v) is 9.66. The first kappa shape index (κ1) is 24.6. The third kappa shape index (κ3) is 5.08. The van der Waals surface area contributed by atoms with Gasteiger partial charge in [-0.1, -0.05) is 29.8 Å². The van der Waals surface area contributed by atoms with Crippen LogP contribution in [0.3, 0.4) is 0 Å². The van der Waals surface area contributed by atoms with Crippen LogP contribution in [0.15, 0.2) is 47.4 Å². The van der Waals surface area contributed by atoms with Crippen molar-refractivity contribution in [2.45, 2.75) is 61.3 Å². The molecule has 2 aromatic rings. The second-order valence-corrected chi connectivity index (χ2v) is 12.3. The van der Waals surface area contributed by atoms with E-state index >= 15 is 0 Å². The van der Waals surface area contributed by atoms with E-state index in [1.165, 1.54) is 6.07 Å². The Bertz CT molecular complexity index is 1230. The molecule has 1 unspecified atom stereocenters. The SMILES string of the molecule is O=C(N[C@H](c1ccc(S(=O)(=O)CC2CC2)cc1)C1N[C@@H]2CC[C@H]1C2)c1cccc(C(F)(F)F)c1Cl. The lowest BCUT2D eigenvalue weighted by Crippen LogP contribution is -2.47. The molecule has 0 spiro atoms. The van der Waals surface area contributed by atoms with E-state index in [4.69, 9.17) is 11.6 Å². The van der Waals surface area contributed by atoms with Gasteiger partial charge in [0.2, 0.25) is 0 Å². The molecule has 2 bridgehead atoms. The number of hydrogen-bond acceptors (Lipinski definition) is 4. The lowest BCUT2D eigenvalue weighted by molar-refractivity contribution is -0.137. The van der Waals surface area contributed by atoms with Gasteiger partial charge in [-0.25, -0.2) is 8.42 Å². The number of fused-ring (bicyclic) bond motifs is 2. The van der Waals surface area contributed by atoms with Crippen LogP contribution in [0.4, 0.5) is 13.2 Å². The number of carbonyl (C=O) groups excluding carboxylic acids is 1. The van der Waals surface area contributed by atoms with Crippen LogP contribution < -0.4 is 10.6 Å². The molecule has 0 aromatic heterocycles. The number of benzene rings is 2. The number of piperidine rings is 1. The average molecular weight is 527 g/mol. The molecule has 1 saturated heterocycles. The predicted octanol–water partition coefficient (Wildman–Crippen LogP) is 5.15. The third-order valence-electron chi connectivity index (χ3n) is 7.35. The summed E-state index contributed by atoms with van der Waals surface area (Å²) in [5, 5.41) is 5.78. The molecule has 5 rings (SSSR count). The highest BCUT2D eigenvalue weighted by Gasteiger charge is 2.44. The maximum absolute atomic E-state index is 13.3. The number of amides is 1. The van der Waals surface area contributed by atoms with Crippen LogP contribution in [-0.4, -0.2) is 32.2 Å². The highest BCUT2D eigenvalue weighted by molar-refractivity contribution is 7.91. The summed E-state index contributed by atoms with van der Waals surface area (Å²) in [7, 11) is -3.38. The molecule has 3 fully saturated rings. The monoisotopic (exact) mass is 526 g/mol. The highest BCUT2D eigenvalue weighted by Crippen LogP contribution is 2.41. The van der Waals surface area contributed by atoms with Crippen LogP contribution in [0.1, 0.15) is 59.6 Å². The summed E-state index contributed by atoms with van der Waals surface area (Å²) in [6, 6.07) is 9.42. The lowest BCUT2D eigenvalue weighted by atomic mass is 9.89. The van der Waals surface area contributed by atoms with E-state index < -0.39 is 38.5 Å². The average Bonchev–Trinajstić information content (AvgIpc) is 3.34. The van der Waals surface area contributed by atoms with Gasteiger partial charge in [-0.3, -0.25) is 4.79 Å². The first-order chi connectivity index (χ1) is 16.5. The van der Waals surface area contributed by atoms with Gasteiger partial charge in [0.05, 0.1) is 32.8 Å². The molecular weight excluding hydrogens is 501 g/mol. The summed E-state index contributed by atoms with van der Waals surface area (Å²) in [5.41, 5.74) is -0.623. The molecule has 35 heavy (non-hydrogen) atoms. The minimum absolute atomic E-state index is 0.115. The van der Waals surface area contributed by atoms with E-state index in [2.05, 4.69) is 10.6 Å². The van der Waals surface area contributed by atoms with Crippen LogP contribution in [0.25, 0.3) is 0 Å². The van der Waals surface area contributed by atoms with Gasteiger partial charge in [0.25, 0.3) is 5.91 Å². The topological polar surface area (TPSA) is 75.3 Å². The van der Waals surface area contributed by atoms with Crippen LogP contribution >= 0.6 is 11.6 Å². The van der Waals surface area contributed by atoms with Crippen molar-refractivity contribution < 1.29 is 26.4 Å². The summed E-state index contributed by atoms with van der Waals surface area (Å²) < 4.78 is 65.2. The van der Waals surface area contributed by atoms with Gasteiger partial charge in [-0.2, -0.15) is 13.2 Å². The fourth-order valence-electron chi connectivity index (χ4n) is 5.37. The van der Waals surface area contributed by atoms with Crippen LogP contribution in [0.5, 0.6) is 0 Å². The predicted molar refractivity (Wildman–Crippen MR) is 126 cm³/mol. The largest absolute Gasteiger partial charge is 0.417 e. The van der Waals surface area contributed by atoms with Crippen molar-refractivity contribution in [3.63, 3.8) is 0 Å². The Morgan fingerprint density at radius 1 is 1.09 bits per heavy atom. The van der Waals surface area contributed by atoms with E-state index in [0.717, 1.165) is 44.2 Å². The van der Waals surface area contributed by atoms with Gasteiger partial charge in [-0.05, 0) is 73.8 Å². The molecule has 188 valence electrons. The summed E-state index contributed by atoms with van der Waals surface area (Å²) in [5.74, 6) is -0.0436. The molecular formula is C25H26ClF3N2O3S. The van der Waals surface area contributed by atoms with Gasteiger partial charge in [-0.15, -0.1) is 0 Å². The summed E-state index contributed by atoms with van der Waals surface area (Å²) >= 11 is 5.99. The number of carbonyl (C=O) groups is 1. The Morgan fingerprint density at radius 2 is 1.80 bits per heavy atom. The van der Waals surface area contributed by atoms with E-state index in [1.807, 2.05) is 0 Å². The molecule has 5 nitrogen and oxygen atoms in total. The molecule has 10 heteroatoms.